The van der Waals surface area contributed by atoms with Crippen LogP contribution in [-0.2, 0) is 22.7 Å². The molecule has 4 nitrogen and oxygen atoms in total. The third-order valence-corrected chi connectivity index (χ3v) is 6.14. The molecule has 1 aromatic carbocycles. The van der Waals surface area contributed by atoms with E-state index in [1.165, 1.54) is 4.88 Å². The van der Waals surface area contributed by atoms with Crippen LogP contribution < -0.4 is 0 Å². The third-order valence-electron chi connectivity index (χ3n) is 5.15. The normalized spacial score (nSPS) is 13.6. The number of thiophene rings is 1. The first-order chi connectivity index (χ1) is 13.6. The standard InChI is InChI=1S/C23H28N2O2S/c1-3-14-24(23(27)20-10-7-11-20)17-22(26)25(15-19-8-5-4-6-9-19)16-21-13-12-18(2)28-21/h3-6,8-9,12-13,20H,1,7,10-11,14-17H2,2H3. The molecule has 0 N–H and O–H groups in total. The largest absolute Gasteiger partial charge is 0.332 e. The van der Waals surface area contributed by atoms with Gasteiger partial charge in [0.25, 0.3) is 0 Å². The van der Waals surface area contributed by atoms with Crippen LogP contribution >= 0.6 is 11.3 Å². The number of hydrogen-bond donors (Lipinski definition) is 0. The van der Waals surface area contributed by atoms with Crippen molar-refractivity contribution in [1.29, 1.82) is 0 Å². The maximum Gasteiger partial charge on any atom is 0.242 e. The second kappa shape index (κ2) is 9.69. The molecule has 1 heterocycles. The number of carbonyl (C=O) groups is 2. The molecular weight excluding hydrogens is 368 g/mol. The zero-order valence-electron chi connectivity index (χ0n) is 16.5. The van der Waals surface area contributed by atoms with Crippen LogP contribution in [0.1, 0.15) is 34.6 Å². The van der Waals surface area contributed by atoms with Crippen LogP contribution in [0.25, 0.3) is 0 Å². The van der Waals surface area contributed by atoms with Crippen molar-refractivity contribution in [3.05, 3.63) is 70.4 Å². The summed E-state index contributed by atoms with van der Waals surface area (Å²) in [4.78, 5) is 31.8. The number of carbonyl (C=O) groups excluding carboxylic acids is 2. The van der Waals surface area contributed by atoms with Crippen molar-refractivity contribution < 1.29 is 9.59 Å². The van der Waals surface area contributed by atoms with E-state index < -0.39 is 0 Å². The molecule has 2 amide bonds. The molecule has 1 fully saturated rings. The minimum Gasteiger partial charge on any atom is -0.332 e. The van der Waals surface area contributed by atoms with E-state index in [9.17, 15) is 9.59 Å². The maximum absolute atomic E-state index is 13.2. The number of nitrogens with zero attached hydrogens (tertiary/aromatic N) is 2. The predicted molar refractivity (Wildman–Crippen MR) is 114 cm³/mol. The van der Waals surface area contributed by atoms with Gasteiger partial charge in [0.1, 0.15) is 6.54 Å². The third kappa shape index (κ3) is 5.32. The van der Waals surface area contributed by atoms with E-state index in [0.717, 1.165) is 29.7 Å². The van der Waals surface area contributed by atoms with Gasteiger partial charge in [-0.15, -0.1) is 17.9 Å². The van der Waals surface area contributed by atoms with Crippen LogP contribution in [0, 0.1) is 12.8 Å². The average molecular weight is 397 g/mol. The SMILES string of the molecule is C=CCN(CC(=O)N(Cc1ccccc1)Cc1ccc(C)s1)C(=O)C1CCC1. The average Bonchev–Trinajstić information content (AvgIpc) is 3.05. The Morgan fingerprint density at radius 3 is 2.43 bits per heavy atom. The van der Waals surface area contributed by atoms with Gasteiger partial charge in [-0.3, -0.25) is 9.59 Å². The summed E-state index contributed by atoms with van der Waals surface area (Å²) < 4.78 is 0. The van der Waals surface area contributed by atoms with Crippen molar-refractivity contribution in [1.82, 2.24) is 9.80 Å². The number of benzene rings is 1. The molecule has 1 aromatic heterocycles. The van der Waals surface area contributed by atoms with Gasteiger partial charge in [0.2, 0.25) is 11.8 Å². The molecule has 1 saturated carbocycles. The van der Waals surface area contributed by atoms with E-state index in [2.05, 4.69) is 25.6 Å². The van der Waals surface area contributed by atoms with Gasteiger partial charge in [-0.2, -0.15) is 0 Å². The molecule has 148 valence electrons. The number of amides is 2. The van der Waals surface area contributed by atoms with Crippen LogP contribution in [0.15, 0.2) is 55.1 Å². The summed E-state index contributed by atoms with van der Waals surface area (Å²) in [6.45, 7) is 7.45. The molecule has 0 saturated heterocycles. The number of rotatable bonds is 9. The Balaban J connectivity index is 1.73. The zero-order valence-corrected chi connectivity index (χ0v) is 17.3. The van der Waals surface area contributed by atoms with Crippen molar-refractivity contribution in [2.24, 2.45) is 5.92 Å². The van der Waals surface area contributed by atoms with E-state index in [1.807, 2.05) is 35.2 Å². The minimum atomic E-state index is -0.0237. The first-order valence-electron chi connectivity index (χ1n) is 9.83. The summed E-state index contributed by atoms with van der Waals surface area (Å²) in [6.07, 6.45) is 4.67. The topological polar surface area (TPSA) is 40.6 Å². The highest BCUT2D eigenvalue weighted by Gasteiger charge is 2.30. The van der Waals surface area contributed by atoms with Gasteiger partial charge >= 0.3 is 0 Å². The van der Waals surface area contributed by atoms with Crippen LogP contribution in [-0.4, -0.2) is 34.7 Å². The molecule has 28 heavy (non-hydrogen) atoms. The van der Waals surface area contributed by atoms with Crippen molar-refractivity contribution in [3.63, 3.8) is 0 Å². The van der Waals surface area contributed by atoms with Crippen LogP contribution in [0.3, 0.4) is 0 Å². The highest BCUT2D eigenvalue weighted by molar-refractivity contribution is 7.11. The molecule has 0 aliphatic heterocycles. The Morgan fingerprint density at radius 1 is 1.11 bits per heavy atom. The maximum atomic E-state index is 13.2. The van der Waals surface area contributed by atoms with Gasteiger partial charge in [0.05, 0.1) is 6.54 Å². The molecule has 0 unspecified atom stereocenters. The van der Waals surface area contributed by atoms with Gasteiger partial charge in [-0.25, -0.2) is 0 Å². The fraction of sp³-hybridized carbons (Fsp3) is 0.391. The lowest BCUT2D eigenvalue weighted by Crippen LogP contribution is -2.45. The Hall–Kier alpha value is -2.40. The van der Waals surface area contributed by atoms with Gasteiger partial charge in [-0.1, -0.05) is 42.8 Å². The lowest BCUT2D eigenvalue weighted by atomic mass is 9.84. The van der Waals surface area contributed by atoms with E-state index in [-0.39, 0.29) is 24.3 Å². The van der Waals surface area contributed by atoms with Crippen molar-refractivity contribution in [2.75, 3.05) is 13.1 Å². The first kappa shape index (κ1) is 20.3. The summed E-state index contributed by atoms with van der Waals surface area (Å²) in [5.41, 5.74) is 1.09. The fourth-order valence-corrected chi connectivity index (χ4v) is 4.27. The van der Waals surface area contributed by atoms with Crippen LogP contribution in [0.5, 0.6) is 0 Å². The van der Waals surface area contributed by atoms with Gasteiger partial charge < -0.3 is 9.80 Å². The molecule has 2 aromatic rings. The summed E-state index contributed by atoms with van der Waals surface area (Å²) in [5.74, 6) is 0.144. The Kier molecular flexibility index (Phi) is 7.04. The van der Waals surface area contributed by atoms with Crippen LogP contribution in [0.4, 0.5) is 0 Å². The first-order valence-corrected chi connectivity index (χ1v) is 10.6. The molecule has 1 aliphatic rings. The zero-order chi connectivity index (χ0) is 19.9. The lowest BCUT2D eigenvalue weighted by molar-refractivity contribution is -0.144. The summed E-state index contributed by atoms with van der Waals surface area (Å²) >= 11 is 1.71. The molecule has 0 spiro atoms. The second-order valence-corrected chi connectivity index (χ2v) is 8.76. The second-order valence-electron chi connectivity index (χ2n) is 7.38. The molecule has 0 atom stereocenters. The molecule has 3 rings (SSSR count). The van der Waals surface area contributed by atoms with Crippen molar-refractivity contribution in [3.8, 4) is 0 Å². The number of aryl methyl sites for hydroxylation is 1. The molecule has 0 bridgehead atoms. The monoisotopic (exact) mass is 396 g/mol. The van der Waals surface area contributed by atoms with Gasteiger partial charge in [-0.05, 0) is 37.5 Å². The van der Waals surface area contributed by atoms with Gasteiger partial charge in [0, 0.05) is 28.8 Å². The molecule has 5 heteroatoms. The van der Waals surface area contributed by atoms with Crippen molar-refractivity contribution in [2.45, 2.75) is 39.3 Å². The Labute approximate surface area is 171 Å². The van der Waals surface area contributed by atoms with Crippen molar-refractivity contribution >= 4 is 23.2 Å². The quantitative estimate of drug-likeness (QED) is 0.590. The highest BCUT2D eigenvalue weighted by atomic mass is 32.1. The Morgan fingerprint density at radius 2 is 1.86 bits per heavy atom. The summed E-state index contributed by atoms with van der Waals surface area (Å²) in [5, 5.41) is 0. The smallest absolute Gasteiger partial charge is 0.242 e. The summed E-state index contributed by atoms with van der Waals surface area (Å²) in [7, 11) is 0. The van der Waals surface area contributed by atoms with E-state index in [4.69, 9.17) is 0 Å². The van der Waals surface area contributed by atoms with Gasteiger partial charge in [0.15, 0.2) is 0 Å². The lowest BCUT2D eigenvalue weighted by Gasteiger charge is -2.32. The van der Waals surface area contributed by atoms with Crippen LogP contribution in [0.2, 0.25) is 0 Å². The predicted octanol–water partition coefficient (Wildman–Crippen LogP) is 4.40. The molecule has 1 aliphatic carbocycles. The Bertz CT molecular complexity index is 811. The molecule has 0 radical (unpaired) electrons. The highest BCUT2D eigenvalue weighted by Crippen LogP contribution is 2.28. The minimum absolute atomic E-state index is 0.0237. The van der Waals surface area contributed by atoms with E-state index in [1.54, 1.807) is 22.3 Å². The fourth-order valence-electron chi connectivity index (χ4n) is 3.36. The van der Waals surface area contributed by atoms with E-state index in [0.29, 0.717) is 19.6 Å². The summed E-state index contributed by atoms with van der Waals surface area (Å²) in [6, 6.07) is 14.2. The number of hydrogen-bond acceptors (Lipinski definition) is 3. The van der Waals surface area contributed by atoms with E-state index >= 15 is 0 Å². The molecular formula is C23H28N2O2S.